The number of hydrogen-bond acceptors (Lipinski definition) is 3. The average Bonchev–Trinajstić information content (AvgIpc) is 2.63. The largest absolute Gasteiger partial charge is 0.478 e. The summed E-state index contributed by atoms with van der Waals surface area (Å²) in [5.41, 5.74) is 1.42. The van der Waals surface area contributed by atoms with E-state index in [1.807, 2.05) is 17.0 Å². The van der Waals surface area contributed by atoms with Gasteiger partial charge in [0.15, 0.2) is 11.6 Å². The fraction of sp³-hybridized carbons (Fsp3) is 0.381. The van der Waals surface area contributed by atoms with Crippen molar-refractivity contribution in [3.05, 3.63) is 70.5 Å². The number of nitrogens with zero attached hydrogens (tertiary/aromatic N) is 2. The third kappa shape index (κ3) is 4.54. The lowest BCUT2D eigenvalue weighted by molar-refractivity contribution is 0.0285. The highest BCUT2D eigenvalue weighted by Crippen LogP contribution is 2.22. The molecular weight excluding hydrogens is 369 g/mol. The summed E-state index contributed by atoms with van der Waals surface area (Å²) in [5.74, 6) is -3.91. The summed E-state index contributed by atoms with van der Waals surface area (Å²) in [6, 6.07) is 8.65. The molecule has 3 rings (SSSR count). The van der Waals surface area contributed by atoms with Crippen LogP contribution >= 0.6 is 0 Å². The second-order valence-electron chi connectivity index (χ2n) is 7.42. The SMILES string of the molecule is C[C@@H]1CN(Cc2cc(F)c(F)cc2F)C[C@H](C)N1Cc1ccc(C(=O)O)cc1. The number of rotatable bonds is 5. The van der Waals surface area contributed by atoms with Crippen molar-refractivity contribution in [2.45, 2.75) is 39.0 Å². The van der Waals surface area contributed by atoms with Gasteiger partial charge in [0.05, 0.1) is 5.56 Å². The number of benzene rings is 2. The third-order valence-corrected chi connectivity index (χ3v) is 5.23. The van der Waals surface area contributed by atoms with E-state index in [0.29, 0.717) is 25.7 Å². The lowest BCUT2D eigenvalue weighted by atomic mass is 10.0. The van der Waals surface area contributed by atoms with Crippen LogP contribution in [0.4, 0.5) is 13.2 Å². The number of piperazine rings is 1. The highest BCUT2D eigenvalue weighted by atomic mass is 19.2. The Morgan fingerprint density at radius 2 is 1.54 bits per heavy atom. The van der Waals surface area contributed by atoms with Crippen LogP contribution < -0.4 is 0 Å². The van der Waals surface area contributed by atoms with Crippen molar-refractivity contribution < 1.29 is 23.1 Å². The van der Waals surface area contributed by atoms with Crippen LogP contribution in [0.1, 0.15) is 35.3 Å². The zero-order valence-electron chi connectivity index (χ0n) is 15.8. The standard InChI is InChI=1S/C21H23F3N2O2/c1-13-9-25(12-17-7-19(23)20(24)8-18(17)22)10-14(2)26(13)11-15-3-5-16(6-4-15)21(27)28/h3-8,13-14H,9-12H2,1-2H3,(H,27,28)/t13-,14+. The van der Waals surface area contributed by atoms with Crippen LogP contribution in [0.3, 0.4) is 0 Å². The summed E-state index contributed by atoms with van der Waals surface area (Å²) in [7, 11) is 0. The lowest BCUT2D eigenvalue weighted by Crippen LogP contribution is -2.55. The highest BCUT2D eigenvalue weighted by Gasteiger charge is 2.30. The van der Waals surface area contributed by atoms with E-state index >= 15 is 0 Å². The first-order chi connectivity index (χ1) is 13.2. The molecule has 0 spiro atoms. The van der Waals surface area contributed by atoms with Gasteiger partial charge in [-0.2, -0.15) is 0 Å². The molecular formula is C21H23F3N2O2. The number of carboxylic acid groups (broad SMARTS) is 1. The quantitative estimate of drug-likeness (QED) is 0.784. The maximum atomic E-state index is 13.9. The molecule has 0 aliphatic carbocycles. The van der Waals surface area contributed by atoms with Crippen molar-refractivity contribution in [1.29, 1.82) is 0 Å². The molecule has 1 aliphatic heterocycles. The van der Waals surface area contributed by atoms with Gasteiger partial charge in [0.25, 0.3) is 0 Å². The zero-order valence-corrected chi connectivity index (χ0v) is 15.8. The summed E-state index contributed by atoms with van der Waals surface area (Å²) in [5, 5.41) is 9.00. The Kier molecular flexibility index (Phi) is 6.05. The molecule has 1 saturated heterocycles. The minimum absolute atomic E-state index is 0.149. The second-order valence-corrected chi connectivity index (χ2v) is 7.42. The van der Waals surface area contributed by atoms with Gasteiger partial charge in [-0.15, -0.1) is 0 Å². The van der Waals surface area contributed by atoms with Crippen LogP contribution in [0.25, 0.3) is 0 Å². The molecule has 1 fully saturated rings. The van der Waals surface area contributed by atoms with Crippen LogP contribution in [-0.4, -0.2) is 46.0 Å². The Bertz CT molecular complexity index is 845. The van der Waals surface area contributed by atoms with Crippen LogP contribution in [0.2, 0.25) is 0 Å². The first-order valence-corrected chi connectivity index (χ1v) is 9.18. The van der Waals surface area contributed by atoms with Gasteiger partial charge in [0.1, 0.15) is 5.82 Å². The molecule has 4 nitrogen and oxygen atoms in total. The molecule has 150 valence electrons. The highest BCUT2D eigenvalue weighted by molar-refractivity contribution is 5.87. The molecule has 0 radical (unpaired) electrons. The van der Waals surface area contributed by atoms with Gasteiger partial charge in [-0.1, -0.05) is 12.1 Å². The van der Waals surface area contributed by atoms with Gasteiger partial charge in [-0.25, -0.2) is 18.0 Å². The number of hydrogen-bond donors (Lipinski definition) is 1. The molecule has 2 atom stereocenters. The molecule has 0 amide bonds. The second kappa shape index (κ2) is 8.32. The summed E-state index contributed by atoms with van der Waals surface area (Å²) in [6.45, 7) is 6.35. The molecule has 0 unspecified atom stereocenters. The van der Waals surface area contributed by atoms with Crippen LogP contribution in [0.5, 0.6) is 0 Å². The molecule has 0 aromatic heterocycles. The normalized spacial score (nSPS) is 21.0. The molecule has 2 aromatic rings. The van der Waals surface area contributed by atoms with Gasteiger partial charge in [0.2, 0.25) is 0 Å². The first kappa shape index (κ1) is 20.4. The lowest BCUT2D eigenvalue weighted by Gasteiger charge is -2.44. The maximum Gasteiger partial charge on any atom is 0.335 e. The van der Waals surface area contributed by atoms with E-state index in [1.54, 1.807) is 12.1 Å². The molecule has 28 heavy (non-hydrogen) atoms. The van der Waals surface area contributed by atoms with Crippen molar-refractivity contribution in [3.63, 3.8) is 0 Å². The van der Waals surface area contributed by atoms with Gasteiger partial charge in [-0.05, 0) is 37.6 Å². The summed E-state index contributed by atoms with van der Waals surface area (Å²) < 4.78 is 40.5. The van der Waals surface area contributed by atoms with Gasteiger partial charge in [0, 0.05) is 49.9 Å². The fourth-order valence-electron chi connectivity index (χ4n) is 3.80. The Morgan fingerprint density at radius 3 is 2.11 bits per heavy atom. The molecule has 0 bridgehead atoms. The van der Waals surface area contributed by atoms with E-state index in [9.17, 15) is 18.0 Å². The van der Waals surface area contributed by atoms with Gasteiger partial charge >= 0.3 is 5.97 Å². The smallest absolute Gasteiger partial charge is 0.335 e. The molecule has 0 saturated carbocycles. The van der Waals surface area contributed by atoms with Crippen molar-refractivity contribution in [2.24, 2.45) is 0 Å². The van der Waals surface area contributed by atoms with Crippen LogP contribution in [0.15, 0.2) is 36.4 Å². The average molecular weight is 392 g/mol. The summed E-state index contributed by atoms with van der Waals surface area (Å²) >= 11 is 0. The zero-order chi connectivity index (χ0) is 20.4. The van der Waals surface area contributed by atoms with E-state index < -0.39 is 23.4 Å². The molecule has 7 heteroatoms. The van der Waals surface area contributed by atoms with E-state index in [4.69, 9.17) is 5.11 Å². The predicted octanol–water partition coefficient (Wildman–Crippen LogP) is 3.90. The Balaban J connectivity index is 1.65. The van der Waals surface area contributed by atoms with E-state index in [-0.39, 0.29) is 29.8 Å². The molecule has 2 aromatic carbocycles. The maximum absolute atomic E-state index is 13.9. The molecule has 1 N–H and O–H groups in total. The third-order valence-electron chi connectivity index (χ3n) is 5.23. The summed E-state index contributed by atoms with van der Waals surface area (Å²) in [4.78, 5) is 15.3. The Labute approximate surface area is 162 Å². The topological polar surface area (TPSA) is 43.8 Å². The van der Waals surface area contributed by atoms with Crippen molar-refractivity contribution in [3.8, 4) is 0 Å². The number of halogens is 3. The fourth-order valence-corrected chi connectivity index (χ4v) is 3.80. The van der Waals surface area contributed by atoms with Crippen molar-refractivity contribution >= 4 is 5.97 Å². The molecule has 1 heterocycles. The summed E-state index contributed by atoms with van der Waals surface area (Å²) in [6.07, 6.45) is 0. The number of carboxylic acids is 1. The van der Waals surface area contributed by atoms with Gasteiger partial charge in [-0.3, -0.25) is 9.80 Å². The number of aromatic carboxylic acids is 1. The predicted molar refractivity (Wildman–Crippen MR) is 99.5 cm³/mol. The molecule has 1 aliphatic rings. The van der Waals surface area contributed by atoms with E-state index in [1.165, 1.54) is 0 Å². The Hall–Kier alpha value is -2.38. The van der Waals surface area contributed by atoms with Crippen LogP contribution in [0, 0.1) is 17.5 Å². The van der Waals surface area contributed by atoms with Gasteiger partial charge < -0.3 is 5.11 Å². The van der Waals surface area contributed by atoms with E-state index in [2.05, 4.69) is 18.7 Å². The Morgan fingerprint density at radius 1 is 0.964 bits per heavy atom. The van der Waals surface area contributed by atoms with Crippen LogP contribution in [-0.2, 0) is 13.1 Å². The monoisotopic (exact) mass is 392 g/mol. The number of carbonyl (C=O) groups is 1. The minimum Gasteiger partial charge on any atom is -0.478 e. The minimum atomic E-state index is -1.18. The van der Waals surface area contributed by atoms with Crippen molar-refractivity contribution in [1.82, 2.24) is 9.80 Å². The first-order valence-electron chi connectivity index (χ1n) is 9.18. The van der Waals surface area contributed by atoms with E-state index in [0.717, 1.165) is 11.6 Å². The van der Waals surface area contributed by atoms with Crippen molar-refractivity contribution in [2.75, 3.05) is 13.1 Å².